The quantitative estimate of drug-likeness (QED) is 0.832. The van der Waals surface area contributed by atoms with Crippen molar-refractivity contribution < 1.29 is 5.11 Å². The minimum absolute atomic E-state index is 0.299. The second kappa shape index (κ2) is 9.07. The number of rotatable bonds is 6. The van der Waals surface area contributed by atoms with E-state index in [2.05, 4.69) is 52.7 Å². The van der Waals surface area contributed by atoms with Crippen molar-refractivity contribution in [3.8, 4) is 6.07 Å². The maximum Gasteiger partial charge on any atom is 0.0991 e. The zero-order valence-corrected chi connectivity index (χ0v) is 14.9. The Balaban J connectivity index is 1.58. The molecule has 0 radical (unpaired) electrons. The third-order valence-electron chi connectivity index (χ3n) is 4.88. The smallest absolute Gasteiger partial charge is 0.0991 e. The average molecular weight is 347 g/mol. The second-order valence-corrected chi connectivity index (χ2v) is 6.65. The maximum absolute atomic E-state index is 9.31. The van der Waals surface area contributed by atoms with Crippen LogP contribution in [0.15, 0.2) is 54.6 Å². The van der Waals surface area contributed by atoms with Crippen LogP contribution in [0.5, 0.6) is 0 Å². The number of hydrogen-bond donors (Lipinski definition) is 2. The van der Waals surface area contributed by atoms with Crippen molar-refractivity contribution in [1.29, 1.82) is 5.26 Å². The van der Waals surface area contributed by atoms with Crippen molar-refractivity contribution in [2.75, 3.05) is 36.5 Å². The molecule has 26 heavy (non-hydrogen) atoms. The molecule has 1 aliphatic heterocycles. The fourth-order valence-electron chi connectivity index (χ4n) is 3.29. The van der Waals surface area contributed by atoms with Gasteiger partial charge in [0.05, 0.1) is 23.0 Å². The molecule has 1 aliphatic rings. The van der Waals surface area contributed by atoms with E-state index in [0.717, 1.165) is 43.7 Å². The Kier molecular flexibility index (Phi) is 6.29. The fraction of sp³-hybridized carbons (Fsp3) is 0.318. The van der Waals surface area contributed by atoms with Gasteiger partial charge in [0, 0.05) is 26.2 Å². The monoisotopic (exact) mass is 347 g/mol. The third kappa shape index (κ3) is 4.65. The number of nitrogens with zero attached hydrogens (tertiary/aromatic N) is 2. The van der Waals surface area contributed by atoms with Crippen molar-refractivity contribution >= 4 is 17.5 Å². The highest BCUT2D eigenvalue weighted by Gasteiger charge is 2.20. The van der Waals surface area contributed by atoms with E-state index in [-0.39, 0.29) is 0 Å². The number of nitriles is 1. The topological polar surface area (TPSA) is 59.3 Å². The molecule has 1 heterocycles. The molecule has 0 amide bonds. The Labute approximate surface area is 155 Å². The summed E-state index contributed by atoms with van der Waals surface area (Å²) in [6.07, 6.45) is 6.24. The van der Waals surface area contributed by atoms with E-state index >= 15 is 0 Å². The Hall–Kier alpha value is -2.77. The van der Waals surface area contributed by atoms with E-state index in [0.29, 0.717) is 18.1 Å². The van der Waals surface area contributed by atoms with Gasteiger partial charge in [-0.15, -0.1) is 0 Å². The van der Waals surface area contributed by atoms with Crippen LogP contribution in [-0.4, -0.2) is 31.3 Å². The first kappa shape index (κ1) is 18.0. The second-order valence-electron chi connectivity index (χ2n) is 6.65. The van der Waals surface area contributed by atoms with Gasteiger partial charge < -0.3 is 15.3 Å². The summed E-state index contributed by atoms with van der Waals surface area (Å²) in [7, 11) is 0. The summed E-state index contributed by atoms with van der Waals surface area (Å²) in [4.78, 5) is 2.40. The van der Waals surface area contributed by atoms with Gasteiger partial charge in [0.2, 0.25) is 0 Å². The molecular formula is C22H25N3O. The van der Waals surface area contributed by atoms with Crippen LogP contribution < -0.4 is 10.2 Å². The number of para-hydroxylation sites is 2. The van der Waals surface area contributed by atoms with Gasteiger partial charge in [0.1, 0.15) is 0 Å². The molecule has 0 saturated carbocycles. The van der Waals surface area contributed by atoms with Crippen LogP contribution in [0.25, 0.3) is 6.08 Å². The van der Waals surface area contributed by atoms with Gasteiger partial charge in [-0.25, -0.2) is 0 Å². The number of nitrogens with one attached hydrogen (secondary N) is 1. The molecule has 4 nitrogen and oxygen atoms in total. The summed E-state index contributed by atoms with van der Waals surface area (Å²) < 4.78 is 0. The summed E-state index contributed by atoms with van der Waals surface area (Å²) >= 11 is 0. The molecular weight excluding hydrogens is 322 g/mol. The van der Waals surface area contributed by atoms with Gasteiger partial charge in [-0.2, -0.15) is 5.26 Å². The molecule has 2 N–H and O–H groups in total. The first-order valence-corrected chi connectivity index (χ1v) is 9.15. The Morgan fingerprint density at radius 2 is 1.85 bits per heavy atom. The molecule has 3 rings (SSSR count). The minimum atomic E-state index is 0.299. The number of anilines is 2. The number of aliphatic hydroxyl groups is 1. The molecule has 2 aromatic rings. The minimum Gasteiger partial charge on any atom is -0.396 e. The van der Waals surface area contributed by atoms with Crippen LogP contribution in [0.3, 0.4) is 0 Å². The van der Waals surface area contributed by atoms with E-state index in [1.54, 1.807) is 0 Å². The van der Waals surface area contributed by atoms with Gasteiger partial charge in [-0.05, 0) is 48.6 Å². The number of hydrogen-bond acceptors (Lipinski definition) is 4. The zero-order valence-electron chi connectivity index (χ0n) is 14.9. The Bertz CT molecular complexity index is 769. The summed E-state index contributed by atoms with van der Waals surface area (Å²) in [5.41, 5.74) is 4.14. The van der Waals surface area contributed by atoms with Crippen LogP contribution in [0.2, 0.25) is 0 Å². The Morgan fingerprint density at radius 3 is 2.54 bits per heavy atom. The first-order chi connectivity index (χ1) is 12.8. The van der Waals surface area contributed by atoms with Crippen LogP contribution >= 0.6 is 0 Å². The number of piperidine rings is 1. The largest absolute Gasteiger partial charge is 0.396 e. The lowest BCUT2D eigenvalue weighted by Gasteiger charge is -2.34. The summed E-state index contributed by atoms with van der Waals surface area (Å²) in [6, 6.07) is 18.1. The molecule has 0 atom stereocenters. The van der Waals surface area contributed by atoms with E-state index in [4.69, 9.17) is 5.26 Å². The number of benzene rings is 2. The number of aliphatic hydroxyl groups excluding tert-OH is 1. The predicted molar refractivity (Wildman–Crippen MR) is 107 cm³/mol. The van der Waals surface area contributed by atoms with Gasteiger partial charge in [-0.3, -0.25) is 0 Å². The van der Waals surface area contributed by atoms with E-state index in [1.165, 1.54) is 5.69 Å². The Morgan fingerprint density at radius 1 is 1.12 bits per heavy atom. The average Bonchev–Trinajstić information content (AvgIpc) is 2.72. The molecule has 2 aromatic carbocycles. The molecule has 0 spiro atoms. The van der Waals surface area contributed by atoms with Crippen molar-refractivity contribution in [3.63, 3.8) is 0 Å². The van der Waals surface area contributed by atoms with Crippen LogP contribution in [0, 0.1) is 17.2 Å². The van der Waals surface area contributed by atoms with E-state index < -0.39 is 0 Å². The van der Waals surface area contributed by atoms with Crippen molar-refractivity contribution in [1.82, 2.24) is 0 Å². The molecule has 0 unspecified atom stereocenters. The van der Waals surface area contributed by atoms with Gasteiger partial charge >= 0.3 is 0 Å². The molecule has 0 aliphatic carbocycles. The molecule has 4 heteroatoms. The van der Waals surface area contributed by atoms with Crippen molar-refractivity contribution in [3.05, 3.63) is 65.7 Å². The van der Waals surface area contributed by atoms with Crippen LogP contribution in [0.4, 0.5) is 11.4 Å². The summed E-state index contributed by atoms with van der Waals surface area (Å²) in [5, 5.41) is 21.6. The van der Waals surface area contributed by atoms with E-state index in [9.17, 15) is 5.11 Å². The van der Waals surface area contributed by atoms with E-state index in [1.807, 2.05) is 24.3 Å². The lowest BCUT2D eigenvalue weighted by Crippen LogP contribution is -2.35. The highest BCUT2D eigenvalue weighted by atomic mass is 16.3. The third-order valence-corrected chi connectivity index (χ3v) is 4.88. The molecule has 134 valence electrons. The molecule has 1 saturated heterocycles. The highest BCUT2D eigenvalue weighted by molar-refractivity contribution is 5.70. The summed E-state index contributed by atoms with van der Waals surface area (Å²) in [5.74, 6) is 0.446. The lowest BCUT2D eigenvalue weighted by atomic mass is 9.97. The van der Waals surface area contributed by atoms with Gasteiger partial charge in [0.25, 0.3) is 0 Å². The highest BCUT2D eigenvalue weighted by Crippen LogP contribution is 2.29. The standard InChI is InChI=1S/C22H25N3O/c23-16-19-9-7-18(8-10-19)4-3-13-24-21-5-1-2-6-22(21)25-14-11-20(17-26)12-15-25/h1-10,20,24,26H,11-15,17H2/b4-3+. The predicted octanol–water partition coefficient (Wildman–Crippen LogP) is 3.89. The normalized spacial score (nSPS) is 15.2. The maximum atomic E-state index is 9.31. The van der Waals surface area contributed by atoms with Crippen LogP contribution in [-0.2, 0) is 0 Å². The van der Waals surface area contributed by atoms with Crippen molar-refractivity contribution in [2.45, 2.75) is 12.8 Å². The molecule has 1 fully saturated rings. The van der Waals surface area contributed by atoms with Gasteiger partial charge in [0.15, 0.2) is 0 Å². The van der Waals surface area contributed by atoms with Gasteiger partial charge in [-0.1, -0.05) is 36.4 Å². The first-order valence-electron chi connectivity index (χ1n) is 9.15. The van der Waals surface area contributed by atoms with Crippen molar-refractivity contribution in [2.24, 2.45) is 5.92 Å². The zero-order chi connectivity index (χ0) is 18.2. The molecule has 0 aromatic heterocycles. The fourth-order valence-corrected chi connectivity index (χ4v) is 3.29. The summed E-state index contributed by atoms with van der Waals surface area (Å²) in [6.45, 7) is 3.02. The molecule has 0 bridgehead atoms. The van der Waals surface area contributed by atoms with Crippen LogP contribution in [0.1, 0.15) is 24.0 Å². The SMILES string of the molecule is N#Cc1ccc(/C=C/CNc2ccccc2N2CCC(CO)CC2)cc1. The lowest BCUT2D eigenvalue weighted by molar-refractivity contribution is 0.203.